The molecule has 2 heterocycles. The van der Waals surface area contributed by atoms with Gasteiger partial charge in [0.15, 0.2) is 4.60 Å². The lowest BCUT2D eigenvalue weighted by Crippen LogP contribution is -2.47. The first-order valence-electron chi connectivity index (χ1n) is 5.78. The summed E-state index contributed by atoms with van der Waals surface area (Å²) in [6, 6.07) is -0.210. The minimum Gasteiger partial charge on any atom is -0.374 e. The fourth-order valence-electron chi connectivity index (χ4n) is 2.10. The molecule has 1 aliphatic rings. The Balaban J connectivity index is 2.11. The Hall–Kier alpha value is -0.500. The molecule has 0 amide bonds. The van der Waals surface area contributed by atoms with Crippen molar-refractivity contribution in [3.63, 3.8) is 0 Å². The molecule has 1 saturated heterocycles. The molecule has 0 aromatic carbocycles. The first kappa shape index (κ1) is 12.9. The standard InChI is InChI=1S/C10H18BrN5O/c1-3-16-4-5-17-7(6-16)8(12)9-10(11)13-14-15(9)2/h7-8H,3-6,12H2,1-2H3. The number of aromatic nitrogens is 3. The van der Waals surface area contributed by atoms with Crippen molar-refractivity contribution in [2.75, 3.05) is 26.2 Å². The topological polar surface area (TPSA) is 69.2 Å². The Bertz CT molecular complexity index is 363. The number of hydrogen-bond acceptors (Lipinski definition) is 5. The van der Waals surface area contributed by atoms with Crippen molar-refractivity contribution in [3.8, 4) is 0 Å². The normalized spacial score (nSPS) is 23.9. The molecule has 2 rings (SSSR count). The molecule has 6 nitrogen and oxygen atoms in total. The number of likely N-dealkylation sites (N-methyl/N-ethyl adjacent to an activating group) is 1. The molecule has 1 fully saturated rings. The van der Waals surface area contributed by atoms with Crippen LogP contribution in [-0.2, 0) is 11.8 Å². The second kappa shape index (κ2) is 5.43. The van der Waals surface area contributed by atoms with E-state index in [1.165, 1.54) is 0 Å². The molecule has 7 heteroatoms. The van der Waals surface area contributed by atoms with Crippen molar-refractivity contribution in [2.24, 2.45) is 12.8 Å². The maximum absolute atomic E-state index is 6.25. The lowest BCUT2D eigenvalue weighted by molar-refractivity contribution is -0.0404. The number of halogens is 1. The van der Waals surface area contributed by atoms with Crippen LogP contribution < -0.4 is 5.73 Å². The van der Waals surface area contributed by atoms with E-state index in [1.54, 1.807) is 4.68 Å². The Morgan fingerprint density at radius 3 is 3.00 bits per heavy atom. The van der Waals surface area contributed by atoms with Crippen molar-refractivity contribution in [2.45, 2.75) is 19.1 Å². The summed E-state index contributed by atoms with van der Waals surface area (Å²) in [5.74, 6) is 0. The van der Waals surface area contributed by atoms with Gasteiger partial charge in [0, 0.05) is 20.1 Å². The molecule has 96 valence electrons. The first-order chi connectivity index (χ1) is 8.13. The third-order valence-corrected chi connectivity index (χ3v) is 3.73. The summed E-state index contributed by atoms with van der Waals surface area (Å²) in [7, 11) is 1.84. The highest BCUT2D eigenvalue weighted by Crippen LogP contribution is 2.24. The van der Waals surface area contributed by atoms with Crippen LogP contribution in [0.25, 0.3) is 0 Å². The van der Waals surface area contributed by atoms with Gasteiger partial charge in [-0.3, -0.25) is 4.90 Å². The van der Waals surface area contributed by atoms with Crippen molar-refractivity contribution >= 4 is 15.9 Å². The van der Waals surface area contributed by atoms with Gasteiger partial charge in [-0.15, -0.1) is 5.10 Å². The second-order valence-electron chi connectivity index (χ2n) is 4.22. The first-order valence-corrected chi connectivity index (χ1v) is 6.57. The fourth-order valence-corrected chi connectivity index (χ4v) is 2.70. The van der Waals surface area contributed by atoms with Crippen LogP contribution in [0.4, 0.5) is 0 Å². The molecule has 1 aromatic heterocycles. The summed E-state index contributed by atoms with van der Waals surface area (Å²) >= 11 is 3.37. The molecule has 0 saturated carbocycles. The van der Waals surface area contributed by atoms with E-state index >= 15 is 0 Å². The summed E-state index contributed by atoms with van der Waals surface area (Å²) in [4.78, 5) is 2.34. The van der Waals surface area contributed by atoms with Crippen LogP contribution in [0.1, 0.15) is 18.7 Å². The molecule has 0 bridgehead atoms. The van der Waals surface area contributed by atoms with E-state index in [-0.39, 0.29) is 12.1 Å². The lowest BCUT2D eigenvalue weighted by atomic mass is 10.1. The van der Waals surface area contributed by atoms with Gasteiger partial charge in [0.1, 0.15) is 0 Å². The summed E-state index contributed by atoms with van der Waals surface area (Å²) < 4.78 is 8.15. The number of ether oxygens (including phenoxy) is 1. The fraction of sp³-hybridized carbons (Fsp3) is 0.800. The van der Waals surface area contributed by atoms with E-state index in [0.717, 1.165) is 31.9 Å². The molecule has 0 spiro atoms. The van der Waals surface area contributed by atoms with E-state index in [9.17, 15) is 0 Å². The number of rotatable bonds is 3. The average molecular weight is 304 g/mol. The Labute approximate surface area is 109 Å². The van der Waals surface area contributed by atoms with Crippen LogP contribution in [0.15, 0.2) is 4.60 Å². The minimum absolute atomic E-state index is 0.00259. The van der Waals surface area contributed by atoms with Crippen molar-refractivity contribution in [3.05, 3.63) is 10.3 Å². The van der Waals surface area contributed by atoms with Crippen molar-refractivity contribution in [1.29, 1.82) is 0 Å². The highest BCUT2D eigenvalue weighted by atomic mass is 79.9. The molecule has 2 unspecified atom stereocenters. The molecule has 17 heavy (non-hydrogen) atoms. The smallest absolute Gasteiger partial charge is 0.153 e. The molecular weight excluding hydrogens is 286 g/mol. The number of aryl methyl sites for hydroxylation is 1. The highest BCUT2D eigenvalue weighted by Gasteiger charge is 2.29. The van der Waals surface area contributed by atoms with Crippen LogP contribution in [0, 0.1) is 0 Å². The average Bonchev–Trinajstić information content (AvgIpc) is 2.68. The zero-order valence-electron chi connectivity index (χ0n) is 10.1. The Morgan fingerprint density at radius 2 is 2.41 bits per heavy atom. The van der Waals surface area contributed by atoms with Crippen LogP contribution in [-0.4, -0.2) is 52.2 Å². The summed E-state index contributed by atoms with van der Waals surface area (Å²) in [5, 5.41) is 7.89. The predicted octanol–water partition coefficient (Wildman–Crippen LogP) is 0.298. The molecule has 1 aromatic rings. The molecule has 0 aliphatic carbocycles. The van der Waals surface area contributed by atoms with Crippen molar-refractivity contribution < 1.29 is 4.74 Å². The highest BCUT2D eigenvalue weighted by molar-refractivity contribution is 9.10. The molecule has 0 radical (unpaired) electrons. The number of morpholine rings is 1. The van der Waals surface area contributed by atoms with E-state index in [0.29, 0.717) is 4.60 Å². The van der Waals surface area contributed by atoms with Crippen LogP contribution in [0.3, 0.4) is 0 Å². The van der Waals surface area contributed by atoms with E-state index in [1.807, 2.05) is 7.05 Å². The Morgan fingerprint density at radius 1 is 1.65 bits per heavy atom. The maximum atomic E-state index is 6.25. The molecular formula is C10H18BrN5O. The predicted molar refractivity (Wildman–Crippen MR) is 67.5 cm³/mol. The summed E-state index contributed by atoms with van der Waals surface area (Å²) in [6.07, 6.45) is -0.00259. The van der Waals surface area contributed by atoms with E-state index in [2.05, 4.69) is 38.1 Å². The van der Waals surface area contributed by atoms with Gasteiger partial charge in [0.25, 0.3) is 0 Å². The number of nitrogens with zero attached hydrogens (tertiary/aromatic N) is 4. The zero-order chi connectivity index (χ0) is 12.4. The van der Waals surface area contributed by atoms with Crippen molar-refractivity contribution in [1.82, 2.24) is 19.9 Å². The zero-order valence-corrected chi connectivity index (χ0v) is 11.7. The van der Waals surface area contributed by atoms with Gasteiger partial charge < -0.3 is 10.5 Å². The van der Waals surface area contributed by atoms with E-state index in [4.69, 9.17) is 10.5 Å². The minimum atomic E-state index is -0.210. The third kappa shape index (κ3) is 2.67. The van der Waals surface area contributed by atoms with E-state index < -0.39 is 0 Å². The van der Waals surface area contributed by atoms with Gasteiger partial charge in [0.2, 0.25) is 0 Å². The summed E-state index contributed by atoms with van der Waals surface area (Å²) in [5.41, 5.74) is 7.13. The lowest BCUT2D eigenvalue weighted by Gasteiger charge is -2.35. The SMILES string of the molecule is CCN1CCOC(C(N)c2c(Br)nnn2C)C1. The molecule has 2 N–H and O–H groups in total. The van der Waals surface area contributed by atoms with Gasteiger partial charge in [-0.05, 0) is 22.5 Å². The van der Waals surface area contributed by atoms with Gasteiger partial charge in [-0.2, -0.15) is 0 Å². The van der Waals surface area contributed by atoms with Crippen LogP contribution in [0.5, 0.6) is 0 Å². The van der Waals surface area contributed by atoms with Gasteiger partial charge in [-0.25, -0.2) is 4.68 Å². The quantitative estimate of drug-likeness (QED) is 0.870. The Kier molecular flexibility index (Phi) is 4.13. The second-order valence-corrected chi connectivity index (χ2v) is 4.97. The maximum Gasteiger partial charge on any atom is 0.153 e. The number of nitrogens with two attached hydrogens (primary N) is 1. The molecule has 1 aliphatic heterocycles. The van der Waals surface area contributed by atoms with Gasteiger partial charge in [0.05, 0.1) is 24.4 Å². The third-order valence-electron chi connectivity index (χ3n) is 3.17. The number of hydrogen-bond donors (Lipinski definition) is 1. The summed E-state index contributed by atoms with van der Waals surface area (Å²) in [6.45, 7) is 5.74. The molecule has 2 atom stereocenters. The van der Waals surface area contributed by atoms with Crippen LogP contribution >= 0.6 is 15.9 Å². The van der Waals surface area contributed by atoms with Crippen LogP contribution in [0.2, 0.25) is 0 Å². The van der Waals surface area contributed by atoms with Gasteiger partial charge >= 0.3 is 0 Å². The largest absolute Gasteiger partial charge is 0.374 e. The monoisotopic (exact) mass is 303 g/mol. The van der Waals surface area contributed by atoms with Gasteiger partial charge in [-0.1, -0.05) is 12.1 Å².